The number of Topliss-reactive ketones (excluding diaryl/α,β-unsaturated/α-hetero) is 1. The first-order valence-electron chi connectivity index (χ1n) is 9.86. The van der Waals surface area contributed by atoms with Crippen LogP contribution in [0, 0.1) is 0 Å². The number of benzene rings is 3. The van der Waals surface area contributed by atoms with E-state index in [0.717, 1.165) is 22.6 Å². The van der Waals surface area contributed by atoms with Gasteiger partial charge in [-0.25, -0.2) is 0 Å². The van der Waals surface area contributed by atoms with Gasteiger partial charge in [0.1, 0.15) is 6.10 Å². The van der Waals surface area contributed by atoms with Crippen LogP contribution in [-0.2, 0) is 10.3 Å². The van der Waals surface area contributed by atoms with E-state index in [2.05, 4.69) is 19.1 Å². The first-order valence-corrected chi connectivity index (χ1v) is 9.86. The molecule has 4 nitrogen and oxygen atoms in total. The minimum Gasteiger partial charge on any atom is -0.454 e. The van der Waals surface area contributed by atoms with Crippen LogP contribution < -0.4 is 9.47 Å². The van der Waals surface area contributed by atoms with Crippen LogP contribution in [0.3, 0.4) is 0 Å². The summed E-state index contributed by atoms with van der Waals surface area (Å²) < 4.78 is 17.5. The minimum absolute atomic E-state index is 0.00734. The molecule has 0 aliphatic carbocycles. The summed E-state index contributed by atoms with van der Waals surface area (Å²) in [6.07, 6.45) is 0.142. The molecule has 2 heterocycles. The van der Waals surface area contributed by atoms with Crippen LogP contribution in [-0.4, -0.2) is 18.7 Å². The number of rotatable bonds is 4. The van der Waals surface area contributed by atoms with Crippen molar-refractivity contribution in [2.24, 2.45) is 0 Å². The largest absolute Gasteiger partial charge is 0.454 e. The van der Waals surface area contributed by atoms with Crippen molar-refractivity contribution in [3.8, 4) is 11.5 Å². The molecule has 2 aliphatic rings. The van der Waals surface area contributed by atoms with Crippen molar-refractivity contribution in [2.45, 2.75) is 31.0 Å². The van der Waals surface area contributed by atoms with Gasteiger partial charge in [0.05, 0.1) is 5.60 Å². The van der Waals surface area contributed by atoms with Crippen LogP contribution in [0.1, 0.15) is 40.7 Å². The van der Waals surface area contributed by atoms with Gasteiger partial charge in [-0.1, -0.05) is 66.7 Å². The third kappa shape index (κ3) is 3.19. The van der Waals surface area contributed by atoms with Gasteiger partial charge in [-0.15, -0.1) is 0 Å². The fourth-order valence-corrected chi connectivity index (χ4v) is 4.35. The summed E-state index contributed by atoms with van der Waals surface area (Å²) in [5.74, 6) is 1.39. The Kier molecular flexibility index (Phi) is 4.36. The average molecular weight is 386 g/mol. The Morgan fingerprint density at radius 2 is 1.59 bits per heavy atom. The van der Waals surface area contributed by atoms with Gasteiger partial charge in [-0.3, -0.25) is 4.79 Å². The molecule has 0 saturated carbocycles. The predicted octanol–water partition coefficient (Wildman–Crippen LogP) is 5.09. The fraction of sp³-hybridized carbons (Fsp3) is 0.240. The number of hydrogen-bond acceptors (Lipinski definition) is 4. The van der Waals surface area contributed by atoms with E-state index in [1.165, 1.54) is 0 Å². The van der Waals surface area contributed by atoms with Crippen LogP contribution in [0.2, 0.25) is 0 Å². The third-order valence-electron chi connectivity index (χ3n) is 5.89. The van der Waals surface area contributed by atoms with E-state index in [1.807, 2.05) is 66.7 Å². The van der Waals surface area contributed by atoms with Crippen molar-refractivity contribution >= 4 is 5.78 Å². The molecule has 3 aromatic rings. The van der Waals surface area contributed by atoms with E-state index >= 15 is 0 Å². The van der Waals surface area contributed by atoms with Gasteiger partial charge in [0.25, 0.3) is 0 Å². The highest BCUT2D eigenvalue weighted by molar-refractivity contribution is 6.00. The monoisotopic (exact) mass is 386 g/mol. The summed E-state index contributed by atoms with van der Waals surface area (Å²) in [7, 11) is 0. The van der Waals surface area contributed by atoms with Gasteiger partial charge in [-0.2, -0.15) is 0 Å². The van der Waals surface area contributed by atoms with Gasteiger partial charge >= 0.3 is 0 Å². The highest BCUT2D eigenvalue weighted by Crippen LogP contribution is 2.49. The molecule has 0 amide bonds. The summed E-state index contributed by atoms with van der Waals surface area (Å²) >= 11 is 0. The molecule has 1 fully saturated rings. The second-order valence-corrected chi connectivity index (χ2v) is 7.79. The predicted molar refractivity (Wildman–Crippen MR) is 109 cm³/mol. The van der Waals surface area contributed by atoms with E-state index in [9.17, 15) is 4.79 Å². The Morgan fingerprint density at radius 1 is 0.897 bits per heavy atom. The molecule has 5 rings (SSSR count). The van der Waals surface area contributed by atoms with Gasteiger partial charge in [-0.05, 0) is 36.6 Å². The van der Waals surface area contributed by atoms with Gasteiger partial charge < -0.3 is 14.2 Å². The van der Waals surface area contributed by atoms with Crippen molar-refractivity contribution in [1.82, 2.24) is 0 Å². The minimum atomic E-state index is -0.567. The van der Waals surface area contributed by atoms with Crippen LogP contribution in [0.15, 0.2) is 78.9 Å². The van der Waals surface area contributed by atoms with Crippen LogP contribution >= 0.6 is 0 Å². The topological polar surface area (TPSA) is 44.8 Å². The second kappa shape index (κ2) is 7.05. The molecular formula is C25H22O4. The number of carbonyl (C=O) groups is 1. The van der Waals surface area contributed by atoms with Crippen LogP contribution in [0.25, 0.3) is 0 Å². The zero-order valence-corrected chi connectivity index (χ0v) is 16.2. The lowest BCUT2D eigenvalue weighted by Crippen LogP contribution is -2.28. The molecule has 1 saturated heterocycles. The highest BCUT2D eigenvalue weighted by Gasteiger charge is 2.48. The van der Waals surface area contributed by atoms with Crippen molar-refractivity contribution in [2.75, 3.05) is 6.79 Å². The van der Waals surface area contributed by atoms with Gasteiger partial charge in [0.15, 0.2) is 17.3 Å². The van der Waals surface area contributed by atoms with Crippen molar-refractivity contribution in [3.63, 3.8) is 0 Å². The second-order valence-electron chi connectivity index (χ2n) is 7.79. The summed E-state index contributed by atoms with van der Waals surface area (Å²) in [5, 5.41) is 0. The first kappa shape index (κ1) is 18.0. The SMILES string of the molecule is CC1(c2ccccc2)C[C@H](c2ccc3c(c2)OCO3)[C@H](C(=O)c2ccccc2)O1. The fourth-order valence-electron chi connectivity index (χ4n) is 4.35. The van der Waals surface area contributed by atoms with E-state index < -0.39 is 11.7 Å². The molecule has 146 valence electrons. The molecule has 0 aromatic heterocycles. The number of hydrogen-bond donors (Lipinski definition) is 0. The Bertz CT molecular complexity index is 1030. The van der Waals surface area contributed by atoms with Crippen LogP contribution in [0.4, 0.5) is 0 Å². The Morgan fingerprint density at radius 3 is 2.34 bits per heavy atom. The quantitative estimate of drug-likeness (QED) is 0.586. The van der Waals surface area contributed by atoms with E-state index in [0.29, 0.717) is 12.0 Å². The molecule has 1 unspecified atom stereocenters. The number of carbonyl (C=O) groups excluding carboxylic acids is 1. The summed E-state index contributed by atoms with van der Waals surface area (Å²) in [4.78, 5) is 13.4. The lowest BCUT2D eigenvalue weighted by molar-refractivity contribution is -0.0237. The van der Waals surface area contributed by atoms with Crippen molar-refractivity contribution in [3.05, 3.63) is 95.6 Å². The number of ether oxygens (including phenoxy) is 3. The first-order chi connectivity index (χ1) is 14.1. The van der Waals surface area contributed by atoms with Crippen LogP contribution in [0.5, 0.6) is 11.5 Å². The van der Waals surface area contributed by atoms with Crippen molar-refractivity contribution in [1.29, 1.82) is 0 Å². The number of fused-ring (bicyclic) bond motifs is 1. The maximum Gasteiger partial charge on any atom is 0.231 e. The Balaban J connectivity index is 1.55. The van der Waals surface area contributed by atoms with Gasteiger partial charge in [0, 0.05) is 11.5 Å². The standard InChI is InChI=1S/C25H22O4/c1-25(19-10-6-3-7-11-19)15-20(18-12-13-21-22(14-18)28-16-27-21)24(29-25)23(26)17-8-4-2-5-9-17/h2-14,20,24H,15-16H2,1H3/t20-,24-,25?/m1/s1. The molecule has 3 aromatic carbocycles. The third-order valence-corrected chi connectivity index (χ3v) is 5.89. The maximum atomic E-state index is 13.4. The molecule has 29 heavy (non-hydrogen) atoms. The molecule has 0 bridgehead atoms. The Labute approximate surface area is 170 Å². The number of ketones is 1. The van der Waals surface area contributed by atoms with E-state index in [4.69, 9.17) is 14.2 Å². The summed E-state index contributed by atoms with van der Waals surface area (Å²) in [6.45, 7) is 2.30. The molecule has 0 N–H and O–H groups in total. The highest BCUT2D eigenvalue weighted by atomic mass is 16.7. The zero-order chi connectivity index (χ0) is 19.8. The molecule has 3 atom stereocenters. The molecule has 4 heteroatoms. The smallest absolute Gasteiger partial charge is 0.231 e. The zero-order valence-electron chi connectivity index (χ0n) is 16.2. The summed E-state index contributed by atoms with van der Waals surface area (Å²) in [6, 6.07) is 25.4. The molecule has 0 radical (unpaired) electrons. The molecule has 0 spiro atoms. The van der Waals surface area contributed by atoms with Crippen molar-refractivity contribution < 1.29 is 19.0 Å². The Hall–Kier alpha value is -3.11. The van der Waals surface area contributed by atoms with Gasteiger partial charge in [0.2, 0.25) is 6.79 Å². The average Bonchev–Trinajstić information content (AvgIpc) is 3.39. The van der Waals surface area contributed by atoms with E-state index in [-0.39, 0.29) is 18.5 Å². The molecular weight excluding hydrogens is 364 g/mol. The lowest BCUT2D eigenvalue weighted by Gasteiger charge is -2.25. The maximum absolute atomic E-state index is 13.4. The lowest BCUT2D eigenvalue weighted by atomic mass is 9.82. The normalized spacial score (nSPS) is 25.1. The molecule has 2 aliphatic heterocycles. The summed E-state index contributed by atoms with van der Waals surface area (Å²) in [5.41, 5.74) is 2.23. The van der Waals surface area contributed by atoms with E-state index in [1.54, 1.807) is 0 Å².